The number of nitrogens with two attached hydrogens (primary N) is 1. The van der Waals surface area contributed by atoms with E-state index in [0.717, 1.165) is 48.5 Å². The molecule has 1 aromatic heterocycles. The van der Waals surface area contributed by atoms with Crippen molar-refractivity contribution in [2.75, 3.05) is 43.6 Å². The standard InChI is InChI=1S/C20H25N7.C8H5F3O/c1-13-4-6-15(23-2)10-14(13)5-7-17(21)18-19(22)24-12-25-20(18)26-16-8-9-27(3)11-16;9-8(10,11)7-3-1-2-6(4-7)5-12/h4,6,10,12,16,21,23H,8-9,11H2,1-3H3,(H3,22,24,25,26);1-5H. The van der Waals surface area contributed by atoms with Crippen molar-refractivity contribution in [1.82, 2.24) is 14.9 Å². The maximum absolute atomic E-state index is 12.0. The Balaban J connectivity index is 0.000000293. The number of aldehydes is 1. The highest BCUT2D eigenvalue weighted by molar-refractivity contribution is 6.16. The van der Waals surface area contributed by atoms with E-state index >= 15 is 0 Å². The van der Waals surface area contributed by atoms with E-state index in [4.69, 9.17) is 11.1 Å². The summed E-state index contributed by atoms with van der Waals surface area (Å²) >= 11 is 0. The third kappa shape index (κ3) is 8.02. The number of rotatable bonds is 5. The van der Waals surface area contributed by atoms with Crippen molar-refractivity contribution in [2.24, 2.45) is 0 Å². The monoisotopic (exact) mass is 537 g/mol. The minimum absolute atomic E-state index is 0.0322. The number of carbonyl (C=O) groups is 1. The first kappa shape index (κ1) is 29.1. The quantitative estimate of drug-likeness (QED) is 0.215. The van der Waals surface area contributed by atoms with Gasteiger partial charge in [0.1, 0.15) is 30.0 Å². The minimum atomic E-state index is -4.38. The van der Waals surface area contributed by atoms with Crippen LogP contribution in [0.3, 0.4) is 0 Å². The Labute approximate surface area is 225 Å². The summed E-state index contributed by atoms with van der Waals surface area (Å²) in [5.41, 5.74) is 8.75. The molecule has 0 radical (unpaired) electrons. The Kier molecular flexibility index (Phi) is 9.62. The fourth-order valence-electron chi connectivity index (χ4n) is 3.89. The van der Waals surface area contributed by atoms with Gasteiger partial charge in [-0.05, 0) is 62.7 Å². The van der Waals surface area contributed by atoms with E-state index in [1.807, 2.05) is 32.2 Å². The maximum atomic E-state index is 12.0. The predicted molar refractivity (Wildman–Crippen MR) is 147 cm³/mol. The number of nitrogens with one attached hydrogen (secondary N) is 3. The van der Waals surface area contributed by atoms with Crippen LogP contribution in [0.2, 0.25) is 0 Å². The number of likely N-dealkylation sites (N-methyl/N-ethyl adjacent to an activating group) is 1. The Morgan fingerprint density at radius 1 is 1.23 bits per heavy atom. The Morgan fingerprint density at radius 3 is 2.64 bits per heavy atom. The van der Waals surface area contributed by atoms with Crippen LogP contribution in [0.4, 0.5) is 30.5 Å². The summed E-state index contributed by atoms with van der Waals surface area (Å²) in [6, 6.07) is 10.5. The van der Waals surface area contributed by atoms with Crippen LogP contribution in [0.25, 0.3) is 0 Å². The number of aryl methyl sites for hydroxylation is 1. The smallest absolute Gasteiger partial charge is 0.388 e. The summed E-state index contributed by atoms with van der Waals surface area (Å²) in [5.74, 6) is 6.83. The van der Waals surface area contributed by atoms with Gasteiger partial charge in [-0.3, -0.25) is 10.2 Å². The van der Waals surface area contributed by atoms with Gasteiger partial charge in [-0.15, -0.1) is 0 Å². The number of carbonyl (C=O) groups excluding carboxylic acids is 1. The molecule has 0 bridgehead atoms. The molecular weight excluding hydrogens is 507 g/mol. The highest BCUT2D eigenvalue weighted by Gasteiger charge is 2.30. The van der Waals surface area contributed by atoms with Gasteiger partial charge in [0.25, 0.3) is 0 Å². The number of aromatic nitrogens is 2. The number of anilines is 3. The van der Waals surface area contributed by atoms with Crippen molar-refractivity contribution in [3.05, 3.63) is 76.6 Å². The summed E-state index contributed by atoms with van der Waals surface area (Å²) in [5, 5.41) is 14.9. The van der Waals surface area contributed by atoms with Crippen LogP contribution in [-0.4, -0.2) is 60.1 Å². The highest BCUT2D eigenvalue weighted by atomic mass is 19.4. The lowest BCUT2D eigenvalue weighted by Gasteiger charge is -2.16. The van der Waals surface area contributed by atoms with E-state index in [-0.39, 0.29) is 23.1 Å². The highest BCUT2D eigenvalue weighted by Crippen LogP contribution is 2.29. The Bertz CT molecular complexity index is 1400. The molecule has 8 nitrogen and oxygen atoms in total. The number of halogens is 3. The van der Waals surface area contributed by atoms with Gasteiger partial charge < -0.3 is 21.3 Å². The van der Waals surface area contributed by atoms with Crippen LogP contribution in [0.15, 0.2) is 48.8 Å². The first-order chi connectivity index (χ1) is 18.5. The zero-order chi connectivity index (χ0) is 28.6. The van der Waals surface area contributed by atoms with E-state index in [1.165, 1.54) is 18.5 Å². The Hall–Kier alpha value is -4.43. The molecule has 0 spiro atoms. The maximum Gasteiger partial charge on any atom is 0.416 e. The van der Waals surface area contributed by atoms with Crippen LogP contribution < -0.4 is 16.4 Å². The third-order valence-corrected chi connectivity index (χ3v) is 6.06. The lowest BCUT2D eigenvalue weighted by Crippen LogP contribution is -2.25. The van der Waals surface area contributed by atoms with Gasteiger partial charge in [-0.25, -0.2) is 9.97 Å². The zero-order valence-electron chi connectivity index (χ0n) is 21.9. The van der Waals surface area contributed by atoms with Crippen LogP contribution in [0, 0.1) is 24.2 Å². The molecule has 1 saturated heterocycles. The van der Waals surface area contributed by atoms with E-state index < -0.39 is 11.7 Å². The third-order valence-electron chi connectivity index (χ3n) is 6.06. The van der Waals surface area contributed by atoms with E-state index in [2.05, 4.69) is 44.4 Å². The van der Waals surface area contributed by atoms with Gasteiger partial charge in [-0.1, -0.05) is 24.1 Å². The molecule has 1 aliphatic heterocycles. The molecule has 39 heavy (non-hydrogen) atoms. The molecule has 204 valence electrons. The van der Waals surface area contributed by atoms with Crippen molar-refractivity contribution in [2.45, 2.75) is 25.6 Å². The second-order valence-electron chi connectivity index (χ2n) is 9.02. The summed E-state index contributed by atoms with van der Waals surface area (Å²) in [7, 11) is 3.95. The number of nitrogen functional groups attached to an aromatic ring is 1. The fourth-order valence-corrected chi connectivity index (χ4v) is 3.89. The fraction of sp³-hybridized carbons (Fsp3) is 0.286. The topological polar surface area (TPSA) is 120 Å². The lowest BCUT2D eigenvalue weighted by atomic mass is 10.1. The number of benzene rings is 2. The normalized spacial score (nSPS) is 14.9. The van der Waals surface area contributed by atoms with Crippen molar-refractivity contribution in [3.63, 3.8) is 0 Å². The molecule has 11 heteroatoms. The average Bonchev–Trinajstić information content (AvgIpc) is 3.32. The molecule has 0 amide bonds. The number of likely N-dealkylation sites (tertiary alicyclic amines) is 1. The molecule has 1 fully saturated rings. The minimum Gasteiger partial charge on any atom is -0.388 e. The molecule has 5 N–H and O–H groups in total. The number of hydrogen-bond donors (Lipinski definition) is 4. The van der Waals surface area contributed by atoms with Gasteiger partial charge in [-0.2, -0.15) is 13.2 Å². The first-order valence-electron chi connectivity index (χ1n) is 12.1. The van der Waals surface area contributed by atoms with E-state index in [0.29, 0.717) is 17.7 Å². The predicted octanol–water partition coefficient (Wildman–Crippen LogP) is 4.46. The van der Waals surface area contributed by atoms with Crippen LogP contribution in [-0.2, 0) is 6.18 Å². The van der Waals surface area contributed by atoms with Crippen LogP contribution in [0.1, 0.15) is 39.0 Å². The van der Waals surface area contributed by atoms with Crippen molar-refractivity contribution >= 4 is 29.3 Å². The molecule has 0 aliphatic carbocycles. The second kappa shape index (κ2) is 12.9. The van der Waals surface area contributed by atoms with Gasteiger partial charge >= 0.3 is 6.18 Å². The lowest BCUT2D eigenvalue weighted by molar-refractivity contribution is -0.137. The molecule has 1 atom stereocenters. The molecule has 2 heterocycles. The molecular formula is C28H30F3N7O. The van der Waals surface area contributed by atoms with Crippen molar-refractivity contribution in [1.29, 1.82) is 5.41 Å². The number of nitrogens with zero attached hydrogens (tertiary/aromatic N) is 3. The van der Waals surface area contributed by atoms with Gasteiger partial charge in [0.15, 0.2) is 0 Å². The summed E-state index contributed by atoms with van der Waals surface area (Å²) < 4.78 is 36.0. The van der Waals surface area contributed by atoms with Crippen LogP contribution >= 0.6 is 0 Å². The first-order valence-corrected chi connectivity index (χ1v) is 12.1. The average molecular weight is 538 g/mol. The van der Waals surface area contributed by atoms with Gasteiger partial charge in [0.2, 0.25) is 0 Å². The van der Waals surface area contributed by atoms with Crippen LogP contribution in [0.5, 0.6) is 0 Å². The summed E-state index contributed by atoms with van der Waals surface area (Å²) in [6.07, 6.45) is -1.55. The molecule has 2 aromatic carbocycles. The van der Waals surface area contributed by atoms with Crippen molar-refractivity contribution < 1.29 is 18.0 Å². The van der Waals surface area contributed by atoms with E-state index in [9.17, 15) is 18.0 Å². The number of alkyl halides is 3. The molecule has 3 aromatic rings. The summed E-state index contributed by atoms with van der Waals surface area (Å²) in [4.78, 5) is 20.7. The Morgan fingerprint density at radius 2 is 2.00 bits per heavy atom. The molecule has 1 aliphatic rings. The second-order valence-corrected chi connectivity index (χ2v) is 9.02. The molecule has 4 rings (SSSR count). The van der Waals surface area contributed by atoms with Crippen molar-refractivity contribution in [3.8, 4) is 11.8 Å². The SMILES string of the molecule is CNc1ccc(C)c(C#CC(=N)c2c(N)ncnc2NC2CCN(C)C2)c1.O=Cc1cccc(C(F)(F)F)c1. The summed E-state index contributed by atoms with van der Waals surface area (Å²) in [6.45, 7) is 3.96. The van der Waals surface area contributed by atoms with E-state index in [1.54, 1.807) is 0 Å². The largest absolute Gasteiger partial charge is 0.416 e. The van der Waals surface area contributed by atoms with Gasteiger partial charge in [0, 0.05) is 36.4 Å². The molecule has 1 unspecified atom stereocenters. The number of hydrogen-bond acceptors (Lipinski definition) is 8. The van der Waals surface area contributed by atoms with Gasteiger partial charge in [0.05, 0.1) is 11.1 Å². The zero-order valence-corrected chi connectivity index (χ0v) is 21.9. The molecule has 0 saturated carbocycles.